The van der Waals surface area contributed by atoms with Gasteiger partial charge in [0.15, 0.2) is 0 Å². The maximum atomic E-state index is 11.2. The van der Waals surface area contributed by atoms with E-state index >= 15 is 0 Å². The molecule has 1 unspecified atom stereocenters. The summed E-state index contributed by atoms with van der Waals surface area (Å²) in [4.78, 5) is 15.3. The van der Waals surface area contributed by atoms with E-state index in [1.807, 2.05) is 13.8 Å². The number of hydrogen-bond donors (Lipinski definition) is 3. The topological polar surface area (TPSA) is 94.0 Å². The van der Waals surface area contributed by atoms with Crippen molar-refractivity contribution in [3.63, 3.8) is 0 Å². The number of amides is 1. The highest BCUT2D eigenvalue weighted by atomic mass is 79.9. The van der Waals surface area contributed by atoms with Crippen LogP contribution in [0.25, 0.3) is 0 Å². The van der Waals surface area contributed by atoms with E-state index in [0.29, 0.717) is 11.5 Å². The molecular weight excluding hydrogens is 272 g/mol. The Balaban J connectivity index is 2.90. The summed E-state index contributed by atoms with van der Waals surface area (Å²) in [5.41, 5.74) is 11.5. The summed E-state index contributed by atoms with van der Waals surface area (Å²) in [6, 6.07) is 1.24. The van der Waals surface area contributed by atoms with E-state index in [4.69, 9.17) is 11.5 Å². The number of nitrogens with two attached hydrogens (primary N) is 2. The predicted octanol–water partition coefficient (Wildman–Crippen LogP) is 1.35. The van der Waals surface area contributed by atoms with Crippen molar-refractivity contribution < 1.29 is 4.79 Å². The largest absolute Gasteiger partial charge is 0.396 e. The molecule has 0 aliphatic heterocycles. The van der Waals surface area contributed by atoms with Crippen LogP contribution in [0.3, 0.4) is 0 Å². The monoisotopic (exact) mass is 286 g/mol. The fourth-order valence-corrected chi connectivity index (χ4v) is 1.64. The number of primary amides is 1. The van der Waals surface area contributed by atoms with E-state index in [0.717, 1.165) is 4.47 Å². The molecule has 1 aromatic heterocycles. The number of anilines is 2. The van der Waals surface area contributed by atoms with Crippen LogP contribution in [0.1, 0.15) is 13.8 Å². The lowest BCUT2D eigenvalue weighted by molar-refractivity contribution is -0.119. The molecular formula is C10H15BrN4O. The van der Waals surface area contributed by atoms with Crippen LogP contribution in [-0.4, -0.2) is 16.9 Å². The third kappa shape index (κ3) is 3.10. The number of rotatable bonds is 4. The van der Waals surface area contributed by atoms with Crippen molar-refractivity contribution in [1.29, 1.82) is 0 Å². The fraction of sp³-hybridized carbons (Fsp3) is 0.400. The molecule has 0 saturated heterocycles. The van der Waals surface area contributed by atoms with Crippen molar-refractivity contribution in [2.24, 2.45) is 11.7 Å². The highest BCUT2D eigenvalue weighted by Crippen LogP contribution is 2.21. The number of halogens is 1. The average molecular weight is 287 g/mol. The quantitative estimate of drug-likeness (QED) is 0.779. The molecule has 0 fully saturated rings. The summed E-state index contributed by atoms with van der Waals surface area (Å²) in [6.45, 7) is 3.80. The van der Waals surface area contributed by atoms with Gasteiger partial charge in [0.1, 0.15) is 11.9 Å². The molecule has 0 saturated carbocycles. The molecule has 1 aromatic rings. The van der Waals surface area contributed by atoms with Gasteiger partial charge in [-0.05, 0) is 27.9 Å². The number of nitrogens with one attached hydrogen (secondary N) is 1. The fourth-order valence-electron chi connectivity index (χ4n) is 1.29. The van der Waals surface area contributed by atoms with Crippen LogP contribution >= 0.6 is 15.9 Å². The summed E-state index contributed by atoms with van der Waals surface area (Å²) in [5.74, 6) is 0.127. The van der Waals surface area contributed by atoms with Gasteiger partial charge in [0, 0.05) is 10.7 Å². The van der Waals surface area contributed by atoms with Crippen LogP contribution in [0.4, 0.5) is 11.5 Å². The summed E-state index contributed by atoms with van der Waals surface area (Å²) < 4.78 is 0.788. The van der Waals surface area contributed by atoms with Gasteiger partial charge in [-0.25, -0.2) is 4.98 Å². The first-order valence-corrected chi connectivity index (χ1v) is 5.68. The van der Waals surface area contributed by atoms with Crippen LogP contribution in [0, 0.1) is 5.92 Å². The molecule has 0 radical (unpaired) electrons. The molecule has 1 atom stereocenters. The van der Waals surface area contributed by atoms with Gasteiger partial charge in [-0.2, -0.15) is 0 Å². The van der Waals surface area contributed by atoms with Crippen molar-refractivity contribution in [1.82, 2.24) is 4.98 Å². The van der Waals surface area contributed by atoms with Crippen LogP contribution in [0.5, 0.6) is 0 Å². The molecule has 0 bridgehead atoms. The van der Waals surface area contributed by atoms with Crippen molar-refractivity contribution in [3.8, 4) is 0 Å². The van der Waals surface area contributed by atoms with E-state index in [9.17, 15) is 4.79 Å². The number of carbonyl (C=O) groups is 1. The van der Waals surface area contributed by atoms with Crippen LogP contribution in [0.15, 0.2) is 16.7 Å². The van der Waals surface area contributed by atoms with E-state index < -0.39 is 11.9 Å². The Morgan fingerprint density at radius 3 is 2.62 bits per heavy atom. The standard InChI is InChI=1S/C10H15BrN4O/c1-5(2)8(9(13)16)15-10-7(12)3-6(11)4-14-10/h3-5,8H,12H2,1-2H3,(H2,13,16)(H,14,15). The SMILES string of the molecule is CC(C)C(Nc1ncc(Br)cc1N)C(N)=O. The Morgan fingerprint density at radius 2 is 2.19 bits per heavy atom. The number of nitrogen functional groups attached to an aromatic ring is 1. The van der Waals surface area contributed by atoms with Gasteiger partial charge in [-0.3, -0.25) is 4.79 Å². The van der Waals surface area contributed by atoms with Crippen LogP contribution in [0.2, 0.25) is 0 Å². The molecule has 5 nitrogen and oxygen atoms in total. The van der Waals surface area contributed by atoms with Crippen LogP contribution < -0.4 is 16.8 Å². The Kier molecular flexibility index (Phi) is 4.12. The van der Waals surface area contributed by atoms with Gasteiger partial charge < -0.3 is 16.8 Å². The molecule has 88 valence electrons. The Labute approximate surface area is 103 Å². The molecule has 0 spiro atoms. The second-order valence-corrected chi connectivity index (χ2v) is 4.78. The Bertz CT molecular complexity index is 394. The zero-order valence-electron chi connectivity index (χ0n) is 9.20. The second kappa shape index (κ2) is 5.16. The first kappa shape index (κ1) is 12.8. The average Bonchev–Trinajstić information content (AvgIpc) is 2.15. The second-order valence-electron chi connectivity index (χ2n) is 3.86. The molecule has 16 heavy (non-hydrogen) atoms. The normalized spacial score (nSPS) is 12.5. The van der Waals surface area contributed by atoms with Crippen molar-refractivity contribution in [3.05, 3.63) is 16.7 Å². The first-order chi connectivity index (χ1) is 7.41. The molecule has 5 N–H and O–H groups in total. The minimum Gasteiger partial charge on any atom is -0.396 e. The van der Waals surface area contributed by atoms with E-state index in [1.165, 1.54) is 0 Å². The minimum atomic E-state index is -0.476. The Morgan fingerprint density at radius 1 is 1.56 bits per heavy atom. The van der Waals surface area contributed by atoms with E-state index in [1.54, 1.807) is 12.3 Å². The molecule has 1 rings (SSSR count). The van der Waals surface area contributed by atoms with E-state index in [-0.39, 0.29) is 5.92 Å². The Hall–Kier alpha value is -1.30. The summed E-state index contributed by atoms with van der Waals surface area (Å²) >= 11 is 3.26. The molecule has 1 heterocycles. The maximum absolute atomic E-state index is 11.2. The van der Waals surface area contributed by atoms with Gasteiger partial charge in [-0.15, -0.1) is 0 Å². The number of pyridine rings is 1. The highest BCUT2D eigenvalue weighted by molar-refractivity contribution is 9.10. The summed E-state index contributed by atoms with van der Waals surface area (Å²) in [6.07, 6.45) is 1.61. The number of carbonyl (C=O) groups excluding carboxylic acids is 1. The molecule has 1 amide bonds. The third-order valence-corrected chi connectivity index (χ3v) is 2.58. The first-order valence-electron chi connectivity index (χ1n) is 4.88. The molecule has 0 aromatic carbocycles. The minimum absolute atomic E-state index is 0.0716. The number of nitrogens with zero attached hydrogens (tertiary/aromatic N) is 1. The predicted molar refractivity (Wildman–Crippen MR) is 67.8 cm³/mol. The number of hydrogen-bond acceptors (Lipinski definition) is 4. The molecule has 6 heteroatoms. The maximum Gasteiger partial charge on any atom is 0.240 e. The van der Waals surface area contributed by atoms with Gasteiger partial charge in [0.05, 0.1) is 5.69 Å². The van der Waals surface area contributed by atoms with Crippen molar-refractivity contribution >= 4 is 33.3 Å². The zero-order chi connectivity index (χ0) is 12.3. The summed E-state index contributed by atoms with van der Waals surface area (Å²) in [5, 5.41) is 2.94. The van der Waals surface area contributed by atoms with Gasteiger partial charge in [0.25, 0.3) is 0 Å². The lowest BCUT2D eigenvalue weighted by Crippen LogP contribution is -2.39. The van der Waals surface area contributed by atoms with Crippen molar-refractivity contribution in [2.45, 2.75) is 19.9 Å². The van der Waals surface area contributed by atoms with Gasteiger partial charge in [0.2, 0.25) is 5.91 Å². The lowest BCUT2D eigenvalue weighted by atomic mass is 10.0. The molecule has 0 aliphatic carbocycles. The van der Waals surface area contributed by atoms with Crippen LogP contribution in [-0.2, 0) is 4.79 Å². The lowest BCUT2D eigenvalue weighted by Gasteiger charge is -2.20. The van der Waals surface area contributed by atoms with Gasteiger partial charge in [-0.1, -0.05) is 13.8 Å². The number of aromatic nitrogens is 1. The zero-order valence-corrected chi connectivity index (χ0v) is 10.8. The van der Waals surface area contributed by atoms with E-state index in [2.05, 4.69) is 26.2 Å². The smallest absolute Gasteiger partial charge is 0.240 e. The van der Waals surface area contributed by atoms with Crippen molar-refractivity contribution in [2.75, 3.05) is 11.1 Å². The molecule has 0 aliphatic rings. The summed E-state index contributed by atoms with van der Waals surface area (Å²) in [7, 11) is 0. The van der Waals surface area contributed by atoms with Gasteiger partial charge >= 0.3 is 0 Å². The highest BCUT2D eigenvalue weighted by Gasteiger charge is 2.20. The third-order valence-electron chi connectivity index (χ3n) is 2.15.